The summed E-state index contributed by atoms with van der Waals surface area (Å²) in [4.78, 5) is 12.0. The highest BCUT2D eigenvalue weighted by Gasteiger charge is 2.44. The Morgan fingerprint density at radius 2 is 2.38 bits per heavy atom. The van der Waals surface area contributed by atoms with Crippen molar-refractivity contribution >= 4 is 5.91 Å². The number of rotatable bonds is 3. The van der Waals surface area contributed by atoms with Crippen molar-refractivity contribution in [3.63, 3.8) is 0 Å². The highest BCUT2D eigenvalue weighted by atomic mass is 16.5. The van der Waals surface area contributed by atoms with Crippen LogP contribution in [0.2, 0.25) is 0 Å². The van der Waals surface area contributed by atoms with Crippen LogP contribution in [0.4, 0.5) is 0 Å². The number of carbonyl (C=O) groups is 1. The van der Waals surface area contributed by atoms with Crippen LogP contribution in [-0.4, -0.2) is 31.7 Å². The third-order valence-corrected chi connectivity index (χ3v) is 3.03. The monoisotopic (exact) mass is 225 g/mol. The molecule has 0 bridgehead atoms. The van der Waals surface area contributed by atoms with Crippen LogP contribution < -0.4 is 11.1 Å². The molecule has 0 saturated carbocycles. The van der Waals surface area contributed by atoms with E-state index in [-0.39, 0.29) is 11.9 Å². The summed E-state index contributed by atoms with van der Waals surface area (Å²) in [5.74, 6) is -0.138. The van der Waals surface area contributed by atoms with Gasteiger partial charge in [0.05, 0.1) is 30.1 Å². The Hall–Kier alpha value is -1.12. The maximum absolute atomic E-state index is 12.0. The zero-order valence-electron chi connectivity index (χ0n) is 10.0. The smallest absolute Gasteiger partial charge is 0.229 e. The molecule has 90 valence electrons. The van der Waals surface area contributed by atoms with Crippen LogP contribution in [0.3, 0.4) is 0 Å². The second kappa shape index (κ2) is 4.40. The largest absolute Gasteiger partial charge is 0.379 e. The Morgan fingerprint density at radius 1 is 1.75 bits per heavy atom. The van der Waals surface area contributed by atoms with Crippen molar-refractivity contribution in [2.75, 3.05) is 19.8 Å². The van der Waals surface area contributed by atoms with Crippen LogP contribution >= 0.6 is 0 Å². The fourth-order valence-electron chi connectivity index (χ4n) is 1.47. The topological polar surface area (TPSA) is 88.1 Å². The lowest BCUT2D eigenvalue weighted by molar-refractivity contribution is -0.130. The normalized spacial score (nSPS) is 29.8. The molecule has 0 aliphatic carbocycles. The van der Waals surface area contributed by atoms with Gasteiger partial charge < -0.3 is 15.8 Å². The molecule has 2 atom stereocenters. The van der Waals surface area contributed by atoms with Crippen LogP contribution in [0, 0.1) is 22.2 Å². The number of nitrogens with one attached hydrogen (secondary N) is 1. The second-order valence-corrected chi connectivity index (χ2v) is 5.22. The third kappa shape index (κ3) is 2.52. The van der Waals surface area contributed by atoms with E-state index in [2.05, 4.69) is 11.4 Å². The molecule has 1 fully saturated rings. The van der Waals surface area contributed by atoms with Gasteiger partial charge in [0.15, 0.2) is 0 Å². The molecule has 2 unspecified atom stereocenters. The van der Waals surface area contributed by atoms with E-state index in [0.717, 1.165) is 0 Å². The summed E-state index contributed by atoms with van der Waals surface area (Å²) in [6, 6.07) is 1.85. The Balaban J connectivity index is 2.57. The molecule has 0 aromatic carbocycles. The van der Waals surface area contributed by atoms with E-state index in [4.69, 9.17) is 15.7 Å². The average molecular weight is 225 g/mol. The van der Waals surface area contributed by atoms with Gasteiger partial charge in [0.2, 0.25) is 5.91 Å². The van der Waals surface area contributed by atoms with E-state index in [1.165, 1.54) is 0 Å². The zero-order valence-corrected chi connectivity index (χ0v) is 10.0. The standard InChI is InChI=1S/C11H19N3O2/c1-10(2,5-12)6-14-9(15)11(3)7-16-4-8(11)13/h8H,4,6-7,13H2,1-3H3,(H,14,15). The molecule has 5 heteroatoms. The number of hydrogen-bond donors (Lipinski definition) is 2. The summed E-state index contributed by atoms with van der Waals surface area (Å²) in [5.41, 5.74) is 4.60. The Labute approximate surface area is 95.9 Å². The van der Waals surface area contributed by atoms with Gasteiger partial charge in [-0.05, 0) is 20.8 Å². The van der Waals surface area contributed by atoms with E-state index in [1.807, 2.05) is 0 Å². The average Bonchev–Trinajstić information content (AvgIpc) is 2.57. The fourth-order valence-corrected chi connectivity index (χ4v) is 1.47. The first-order valence-corrected chi connectivity index (χ1v) is 5.35. The molecule has 0 radical (unpaired) electrons. The van der Waals surface area contributed by atoms with Crippen molar-refractivity contribution in [1.82, 2.24) is 5.32 Å². The van der Waals surface area contributed by atoms with Crippen LogP contribution in [-0.2, 0) is 9.53 Å². The van der Waals surface area contributed by atoms with Crippen LogP contribution in [0.5, 0.6) is 0 Å². The predicted octanol–water partition coefficient (Wildman–Crippen LogP) is 0.0162. The number of nitriles is 1. The molecule has 0 aromatic heterocycles. The van der Waals surface area contributed by atoms with Crippen LogP contribution in [0.25, 0.3) is 0 Å². The van der Waals surface area contributed by atoms with Crippen molar-refractivity contribution in [3.8, 4) is 6.07 Å². The maximum atomic E-state index is 12.0. The van der Waals surface area contributed by atoms with E-state index >= 15 is 0 Å². The summed E-state index contributed by atoms with van der Waals surface area (Å²) in [6.45, 7) is 6.42. The molecule has 1 rings (SSSR count). The molecule has 1 aliphatic heterocycles. The van der Waals surface area contributed by atoms with Gasteiger partial charge >= 0.3 is 0 Å². The quantitative estimate of drug-likeness (QED) is 0.708. The minimum absolute atomic E-state index is 0.138. The summed E-state index contributed by atoms with van der Waals surface area (Å²) >= 11 is 0. The van der Waals surface area contributed by atoms with Gasteiger partial charge in [-0.15, -0.1) is 0 Å². The maximum Gasteiger partial charge on any atom is 0.229 e. The highest BCUT2D eigenvalue weighted by Crippen LogP contribution is 2.27. The summed E-state index contributed by atoms with van der Waals surface area (Å²) in [5, 5.41) is 11.6. The molecule has 16 heavy (non-hydrogen) atoms. The Bertz CT molecular complexity index is 322. The molecule has 1 amide bonds. The van der Waals surface area contributed by atoms with E-state index in [9.17, 15) is 4.79 Å². The molecule has 0 aromatic rings. The van der Waals surface area contributed by atoms with Gasteiger partial charge in [-0.2, -0.15) is 5.26 Å². The molecule has 0 spiro atoms. The predicted molar refractivity (Wildman–Crippen MR) is 59.3 cm³/mol. The number of amides is 1. The van der Waals surface area contributed by atoms with Crippen molar-refractivity contribution < 1.29 is 9.53 Å². The van der Waals surface area contributed by atoms with Gasteiger partial charge in [-0.25, -0.2) is 0 Å². The lowest BCUT2D eigenvalue weighted by Crippen LogP contribution is -2.51. The number of ether oxygens (including phenoxy) is 1. The number of hydrogen-bond acceptors (Lipinski definition) is 4. The highest BCUT2D eigenvalue weighted by molar-refractivity contribution is 5.83. The van der Waals surface area contributed by atoms with E-state index in [1.54, 1.807) is 20.8 Å². The SMILES string of the molecule is CC(C)(C#N)CNC(=O)C1(C)COCC1N. The fraction of sp³-hybridized carbons (Fsp3) is 0.818. The van der Waals surface area contributed by atoms with Crippen molar-refractivity contribution in [1.29, 1.82) is 5.26 Å². The van der Waals surface area contributed by atoms with E-state index < -0.39 is 10.8 Å². The van der Waals surface area contributed by atoms with Crippen molar-refractivity contribution in [3.05, 3.63) is 0 Å². The van der Waals surface area contributed by atoms with Gasteiger partial charge in [-0.3, -0.25) is 4.79 Å². The molecule has 3 N–H and O–H groups in total. The first-order valence-electron chi connectivity index (χ1n) is 5.35. The third-order valence-electron chi connectivity index (χ3n) is 3.03. The summed E-state index contributed by atoms with van der Waals surface area (Å²) < 4.78 is 5.20. The van der Waals surface area contributed by atoms with Crippen LogP contribution in [0.15, 0.2) is 0 Å². The van der Waals surface area contributed by atoms with Gasteiger partial charge in [-0.1, -0.05) is 0 Å². The number of nitrogens with zero attached hydrogens (tertiary/aromatic N) is 1. The minimum atomic E-state index is -0.675. The minimum Gasteiger partial charge on any atom is -0.379 e. The number of nitrogens with two attached hydrogens (primary N) is 1. The molecule has 1 saturated heterocycles. The summed E-state index contributed by atoms with van der Waals surface area (Å²) in [7, 11) is 0. The first kappa shape index (κ1) is 12.9. The van der Waals surface area contributed by atoms with Crippen molar-refractivity contribution in [2.24, 2.45) is 16.6 Å². The Morgan fingerprint density at radius 3 is 2.81 bits per heavy atom. The Kier molecular flexibility index (Phi) is 3.56. The molecular formula is C11H19N3O2. The van der Waals surface area contributed by atoms with Gasteiger partial charge in [0, 0.05) is 12.6 Å². The number of carbonyl (C=O) groups excluding carboxylic acids is 1. The molecule has 1 heterocycles. The van der Waals surface area contributed by atoms with Crippen molar-refractivity contribution in [2.45, 2.75) is 26.8 Å². The zero-order chi connectivity index (χ0) is 12.4. The summed E-state index contributed by atoms with van der Waals surface area (Å²) in [6.07, 6.45) is 0. The lowest BCUT2D eigenvalue weighted by Gasteiger charge is -2.27. The van der Waals surface area contributed by atoms with Gasteiger partial charge in [0.1, 0.15) is 0 Å². The molecule has 1 aliphatic rings. The first-order chi connectivity index (χ1) is 7.32. The lowest BCUT2D eigenvalue weighted by atomic mass is 9.84. The molecular weight excluding hydrogens is 206 g/mol. The second-order valence-electron chi connectivity index (χ2n) is 5.22. The molecule has 5 nitrogen and oxygen atoms in total. The van der Waals surface area contributed by atoms with Crippen LogP contribution in [0.1, 0.15) is 20.8 Å². The van der Waals surface area contributed by atoms with Gasteiger partial charge in [0.25, 0.3) is 0 Å². The van der Waals surface area contributed by atoms with E-state index in [0.29, 0.717) is 19.8 Å².